The molecule has 6 nitrogen and oxygen atoms in total. The zero-order chi connectivity index (χ0) is 17.7. The molecular weight excluding hydrogens is 326 g/mol. The number of rotatable bonds is 1. The largest absolute Gasteiger partial charge is 0.310 e. The molecule has 3 aromatic rings. The molecule has 0 aliphatic carbocycles. The molecule has 5 rings (SSSR count). The number of H-pyrrole nitrogens is 1. The molecule has 0 saturated carbocycles. The fourth-order valence-corrected chi connectivity index (χ4v) is 4.33. The van der Waals surface area contributed by atoms with Crippen molar-refractivity contribution in [3.05, 3.63) is 54.2 Å². The zero-order valence-electron chi connectivity index (χ0n) is 14.1. The van der Waals surface area contributed by atoms with E-state index in [1.807, 2.05) is 41.3 Å². The number of benzene rings is 2. The fourth-order valence-electron chi connectivity index (χ4n) is 4.33. The smallest absolute Gasteiger partial charge is 0.240 e. The van der Waals surface area contributed by atoms with Gasteiger partial charge in [-0.15, -0.1) is 0 Å². The first-order chi connectivity index (χ1) is 12.7. The highest BCUT2D eigenvalue weighted by Crippen LogP contribution is 2.47. The van der Waals surface area contributed by atoms with Crippen molar-refractivity contribution < 1.29 is 4.79 Å². The van der Waals surface area contributed by atoms with Crippen LogP contribution in [-0.4, -0.2) is 34.1 Å². The lowest BCUT2D eigenvalue weighted by atomic mass is 9.75. The number of amides is 1. The van der Waals surface area contributed by atoms with Crippen LogP contribution >= 0.6 is 0 Å². The third-order valence-corrected chi connectivity index (χ3v) is 5.62. The normalized spacial score (nSPS) is 22.0. The lowest BCUT2D eigenvalue weighted by molar-refractivity contribution is -0.127. The molecule has 1 fully saturated rings. The van der Waals surface area contributed by atoms with Crippen molar-refractivity contribution in [3.8, 4) is 6.19 Å². The minimum atomic E-state index is -0.546. The van der Waals surface area contributed by atoms with E-state index >= 15 is 0 Å². The Labute approximate surface area is 150 Å². The number of nitrogens with zero attached hydrogens (tertiary/aromatic N) is 4. The van der Waals surface area contributed by atoms with Gasteiger partial charge in [0, 0.05) is 18.5 Å². The van der Waals surface area contributed by atoms with E-state index in [-0.39, 0.29) is 5.91 Å². The van der Waals surface area contributed by atoms with E-state index < -0.39 is 5.41 Å². The second kappa shape index (κ2) is 5.33. The predicted molar refractivity (Wildman–Crippen MR) is 97.6 cm³/mol. The Balaban J connectivity index is 1.72. The van der Waals surface area contributed by atoms with Crippen molar-refractivity contribution >= 4 is 28.2 Å². The van der Waals surface area contributed by atoms with Gasteiger partial charge in [0.2, 0.25) is 5.91 Å². The summed E-state index contributed by atoms with van der Waals surface area (Å²) in [5.41, 5.74) is 3.26. The van der Waals surface area contributed by atoms with Crippen LogP contribution in [0.25, 0.3) is 10.9 Å². The van der Waals surface area contributed by atoms with E-state index in [9.17, 15) is 10.1 Å². The first-order valence-electron chi connectivity index (χ1n) is 8.71. The minimum absolute atomic E-state index is 0.0719. The average Bonchev–Trinajstić information content (AvgIpc) is 3.30. The monoisotopic (exact) mass is 343 g/mol. The van der Waals surface area contributed by atoms with Crippen LogP contribution in [0.15, 0.2) is 48.7 Å². The van der Waals surface area contributed by atoms with Crippen LogP contribution in [-0.2, 0) is 11.2 Å². The summed E-state index contributed by atoms with van der Waals surface area (Å²) in [5.74, 6) is 0.0719. The van der Waals surface area contributed by atoms with Crippen LogP contribution in [0.3, 0.4) is 0 Å². The quantitative estimate of drug-likeness (QED) is 0.689. The standard InChI is InChI=1S/C20H17N5O/c21-13-24-9-8-20(12-24)10-14-4-1-2-6-17(14)25(19(20)26)18-7-3-5-16-15(18)11-22-23-16/h1-7,11H,8-10,12H2,(H,22,23). The topological polar surface area (TPSA) is 76.0 Å². The molecule has 26 heavy (non-hydrogen) atoms. The molecule has 1 spiro atoms. The van der Waals surface area contributed by atoms with Gasteiger partial charge in [-0.05, 0) is 36.6 Å². The summed E-state index contributed by atoms with van der Waals surface area (Å²) >= 11 is 0. The van der Waals surface area contributed by atoms with E-state index in [2.05, 4.69) is 22.5 Å². The summed E-state index contributed by atoms with van der Waals surface area (Å²) in [6.07, 6.45) is 5.35. The lowest BCUT2D eigenvalue weighted by Crippen LogP contribution is -2.48. The molecular formula is C20H17N5O. The summed E-state index contributed by atoms with van der Waals surface area (Å²) < 4.78 is 0. The minimum Gasteiger partial charge on any atom is -0.310 e. The van der Waals surface area contributed by atoms with Gasteiger partial charge in [-0.1, -0.05) is 24.3 Å². The van der Waals surface area contributed by atoms with Crippen LogP contribution in [0.4, 0.5) is 11.4 Å². The van der Waals surface area contributed by atoms with Crippen LogP contribution < -0.4 is 4.90 Å². The molecule has 3 heterocycles. The van der Waals surface area contributed by atoms with E-state index in [0.717, 1.165) is 27.8 Å². The number of nitriles is 1. The zero-order valence-corrected chi connectivity index (χ0v) is 14.1. The molecule has 1 saturated heterocycles. The van der Waals surface area contributed by atoms with E-state index in [0.29, 0.717) is 25.9 Å². The van der Waals surface area contributed by atoms with Gasteiger partial charge >= 0.3 is 0 Å². The lowest BCUT2D eigenvalue weighted by Gasteiger charge is -2.40. The van der Waals surface area contributed by atoms with Crippen LogP contribution in [0, 0.1) is 16.9 Å². The predicted octanol–water partition coefficient (Wildman–Crippen LogP) is 2.96. The molecule has 2 aromatic carbocycles. The molecule has 1 amide bonds. The second-order valence-corrected chi connectivity index (χ2v) is 7.11. The summed E-state index contributed by atoms with van der Waals surface area (Å²) in [6, 6.07) is 13.9. The maximum Gasteiger partial charge on any atom is 0.240 e. The number of carbonyl (C=O) groups is 1. The number of aromatic amines is 1. The third kappa shape index (κ3) is 1.97. The molecule has 128 valence electrons. The summed E-state index contributed by atoms with van der Waals surface area (Å²) in [4.78, 5) is 17.2. The summed E-state index contributed by atoms with van der Waals surface area (Å²) in [6.45, 7) is 1.11. The van der Waals surface area contributed by atoms with Crippen molar-refractivity contribution in [3.63, 3.8) is 0 Å². The van der Waals surface area contributed by atoms with Gasteiger partial charge in [-0.3, -0.25) is 14.8 Å². The van der Waals surface area contributed by atoms with Crippen molar-refractivity contribution in [1.82, 2.24) is 15.1 Å². The van der Waals surface area contributed by atoms with Crippen LogP contribution in [0.5, 0.6) is 0 Å². The number of aromatic nitrogens is 2. The van der Waals surface area contributed by atoms with Gasteiger partial charge < -0.3 is 4.90 Å². The number of carbonyl (C=O) groups excluding carboxylic acids is 1. The molecule has 2 aliphatic heterocycles. The van der Waals surface area contributed by atoms with Crippen LogP contribution in [0.1, 0.15) is 12.0 Å². The van der Waals surface area contributed by atoms with Crippen molar-refractivity contribution in [1.29, 1.82) is 5.26 Å². The Morgan fingerprint density at radius 2 is 2.00 bits per heavy atom. The highest BCUT2D eigenvalue weighted by atomic mass is 16.2. The van der Waals surface area contributed by atoms with E-state index in [4.69, 9.17) is 0 Å². The highest BCUT2D eigenvalue weighted by molar-refractivity contribution is 6.11. The SMILES string of the molecule is N#CN1CCC2(Cc3ccccc3N(c3cccc4[nH]ncc34)C2=O)C1. The number of nitrogens with one attached hydrogen (secondary N) is 1. The number of hydrogen-bond acceptors (Lipinski definition) is 4. The molecule has 1 unspecified atom stereocenters. The Kier molecular flexibility index (Phi) is 3.07. The number of likely N-dealkylation sites (tertiary alicyclic amines) is 1. The first kappa shape index (κ1) is 15.0. The average molecular weight is 343 g/mol. The summed E-state index contributed by atoms with van der Waals surface area (Å²) in [5, 5.41) is 17.3. The number of fused-ring (bicyclic) bond motifs is 2. The molecule has 0 bridgehead atoms. The van der Waals surface area contributed by atoms with E-state index in [1.54, 1.807) is 11.1 Å². The van der Waals surface area contributed by atoms with Gasteiger partial charge in [-0.25, -0.2) is 0 Å². The van der Waals surface area contributed by atoms with Gasteiger partial charge in [0.15, 0.2) is 6.19 Å². The second-order valence-electron chi connectivity index (χ2n) is 7.11. The van der Waals surface area contributed by atoms with Gasteiger partial charge in [0.1, 0.15) is 0 Å². The summed E-state index contributed by atoms with van der Waals surface area (Å²) in [7, 11) is 0. The highest BCUT2D eigenvalue weighted by Gasteiger charge is 2.50. The van der Waals surface area contributed by atoms with Crippen LogP contribution in [0.2, 0.25) is 0 Å². The van der Waals surface area contributed by atoms with Gasteiger partial charge in [0.05, 0.1) is 28.5 Å². The maximum absolute atomic E-state index is 13.7. The number of hydrogen-bond donors (Lipinski definition) is 1. The van der Waals surface area contributed by atoms with Crippen molar-refractivity contribution in [2.24, 2.45) is 5.41 Å². The molecule has 6 heteroatoms. The third-order valence-electron chi connectivity index (χ3n) is 5.62. The Morgan fingerprint density at radius 3 is 2.85 bits per heavy atom. The number of para-hydroxylation sites is 1. The molecule has 1 aromatic heterocycles. The Morgan fingerprint density at radius 1 is 1.15 bits per heavy atom. The van der Waals surface area contributed by atoms with Crippen molar-refractivity contribution in [2.45, 2.75) is 12.8 Å². The maximum atomic E-state index is 13.7. The Bertz CT molecular complexity index is 1070. The Hall–Kier alpha value is -3.33. The molecule has 0 radical (unpaired) electrons. The molecule has 1 N–H and O–H groups in total. The van der Waals surface area contributed by atoms with Gasteiger partial charge in [0.25, 0.3) is 0 Å². The molecule has 1 atom stereocenters. The van der Waals surface area contributed by atoms with Gasteiger partial charge in [-0.2, -0.15) is 10.4 Å². The molecule has 2 aliphatic rings. The van der Waals surface area contributed by atoms with E-state index in [1.165, 1.54) is 0 Å². The van der Waals surface area contributed by atoms with Crippen molar-refractivity contribution in [2.75, 3.05) is 18.0 Å². The fraction of sp³-hybridized carbons (Fsp3) is 0.250. The number of anilines is 2. The first-order valence-corrected chi connectivity index (χ1v) is 8.71.